The molecule has 7 nitrogen and oxygen atoms in total. The number of hydrogen-bond donors (Lipinski definition) is 1. The molecule has 9 heteroatoms. The largest absolute Gasteiger partial charge is 0.378 e. The van der Waals surface area contributed by atoms with Crippen LogP contribution in [0.3, 0.4) is 0 Å². The van der Waals surface area contributed by atoms with Gasteiger partial charge in [-0.05, 0) is 12.8 Å². The molecular weight excluding hydrogens is 343 g/mol. The number of morpholine rings is 1. The molecule has 0 aromatic rings. The standard InChI is InChI=1S/C14H24N4O3.2ClH/c15-14(1-2-14)13(20)18-5-3-16(4-6-18)11-12(19)17-7-9-21-10-8-17;;/h1-11,15H2;2*1H. The highest BCUT2D eigenvalue weighted by molar-refractivity contribution is 5.89. The molecule has 134 valence electrons. The summed E-state index contributed by atoms with van der Waals surface area (Å²) in [6.45, 7) is 5.92. The maximum Gasteiger partial charge on any atom is 0.242 e. The summed E-state index contributed by atoms with van der Waals surface area (Å²) >= 11 is 0. The molecule has 3 aliphatic rings. The highest BCUT2D eigenvalue weighted by Gasteiger charge is 2.48. The first-order chi connectivity index (χ1) is 10.1. The fourth-order valence-electron chi connectivity index (χ4n) is 2.88. The Labute approximate surface area is 149 Å². The summed E-state index contributed by atoms with van der Waals surface area (Å²) in [6, 6.07) is 0. The van der Waals surface area contributed by atoms with Crippen LogP contribution in [-0.4, -0.2) is 91.1 Å². The van der Waals surface area contributed by atoms with Crippen LogP contribution in [0.1, 0.15) is 12.8 Å². The second kappa shape index (κ2) is 8.48. The van der Waals surface area contributed by atoms with Gasteiger partial charge in [-0.3, -0.25) is 14.5 Å². The van der Waals surface area contributed by atoms with Gasteiger partial charge in [0, 0.05) is 39.3 Å². The van der Waals surface area contributed by atoms with Crippen LogP contribution < -0.4 is 5.73 Å². The molecule has 0 bridgehead atoms. The monoisotopic (exact) mass is 368 g/mol. The summed E-state index contributed by atoms with van der Waals surface area (Å²) in [7, 11) is 0. The van der Waals surface area contributed by atoms with E-state index in [0.717, 1.165) is 25.9 Å². The lowest BCUT2D eigenvalue weighted by molar-refractivity contribution is -0.138. The molecule has 2 amide bonds. The smallest absolute Gasteiger partial charge is 0.242 e. The number of nitrogens with zero attached hydrogens (tertiary/aromatic N) is 3. The Bertz CT molecular complexity index is 420. The minimum atomic E-state index is -0.578. The van der Waals surface area contributed by atoms with Gasteiger partial charge in [0.05, 0.1) is 25.3 Å². The first kappa shape index (κ1) is 20.4. The lowest BCUT2D eigenvalue weighted by Crippen LogP contribution is -2.56. The topological polar surface area (TPSA) is 79.1 Å². The SMILES string of the molecule is Cl.Cl.NC1(C(=O)N2CCN(CC(=O)N3CCOCC3)CC2)CC1. The van der Waals surface area contributed by atoms with E-state index in [4.69, 9.17) is 10.5 Å². The van der Waals surface area contributed by atoms with Gasteiger partial charge in [-0.15, -0.1) is 24.8 Å². The molecule has 3 rings (SSSR count). The summed E-state index contributed by atoms with van der Waals surface area (Å²) in [6.07, 6.45) is 1.61. The molecule has 1 aliphatic carbocycles. The van der Waals surface area contributed by atoms with Crippen molar-refractivity contribution in [3.05, 3.63) is 0 Å². The Hall–Kier alpha value is -0.600. The van der Waals surface area contributed by atoms with E-state index in [9.17, 15) is 9.59 Å². The predicted molar refractivity (Wildman–Crippen MR) is 91.1 cm³/mol. The number of hydrogen-bond acceptors (Lipinski definition) is 5. The lowest BCUT2D eigenvalue weighted by Gasteiger charge is -2.37. The van der Waals surface area contributed by atoms with Crippen molar-refractivity contribution in [1.29, 1.82) is 0 Å². The maximum absolute atomic E-state index is 12.2. The fourth-order valence-corrected chi connectivity index (χ4v) is 2.88. The summed E-state index contributed by atoms with van der Waals surface area (Å²) < 4.78 is 5.25. The zero-order chi connectivity index (χ0) is 14.9. The molecule has 0 aromatic heterocycles. The molecule has 2 N–H and O–H groups in total. The van der Waals surface area contributed by atoms with Crippen LogP contribution in [0.4, 0.5) is 0 Å². The van der Waals surface area contributed by atoms with Gasteiger partial charge < -0.3 is 20.3 Å². The van der Waals surface area contributed by atoms with E-state index >= 15 is 0 Å². The normalized spacial score (nSPS) is 23.5. The van der Waals surface area contributed by atoms with E-state index in [-0.39, 0.29) is 36.6 Å². The molecule has 2 aliphatic heterocycles. The van der Waals surface area contributed by atoms with E-state index in [1.807, 2.05) is 9.80 Å². The summed E-state index contributed by atoms with van der Waals surface area (Å²) in [4.78, 5) is 30.2. The number of amides is 2. The minimum Gasteiger partial charge on any atom is -0.378 e. The molecule has 0 unspecified atom stereocenters. The molecular formula is C14H26Cl2N4O3. The summed E-state index contributed by atoms with van der Waals surface area (Å²) in [5, 5.41) is 0. The first-order valence-electron chi connectivity index (χ1n) is 7.75. The summed E-state index contributed by atoms with van der Waals surface area (Å²) in [5.41, 5.74) is 5.38. The van der Waals surface area contributed by atoms with Gasteiger partial charge in [-0.1, -0.05) is 0 Å². The molecule has 3 fully saturated rings. The van der Waals surface area contributed by atoms with Gasteiger partial charge in [0.25, 0.3) is 0 Å². The van der Waals surface area contributed by atoms with E-state index in [2.05, 4.69) is 4.90 Å². The van der Waals surface area contributed by atoms with Crippen molar-refractivity contribution in [1.82, 2.24) is 14.7 Å². The van der Waals surface area contributed by atoms with Crippen LogP contribution in [0.2, 0.25) is 0 Å². The highest BCUT2D eigenvalue weighted by atomic mass is 35.5. The number of carbonyl (C=O) groups is 2. The van der Waals surface area contributed by atoms with Gasteiger partial charge in [-0.25, -0.2) is 0 Å². The number of nitrogens with two attached hydrogens (primary N) is 1. The molecule has 2 saturated heterocycles. The van der Waals surface area contributed by atoms with E-state index in [1.54, 1.807) is 0 Å². The average molecular weight is 369 g/mol. The van der Waals surface area contributed by atoms with Gasteiger partial charge in [0.15, 0.2) is 0 Å². The number of carbonyl (C=O) groups excluding carboxylic acids is 2. The van der Waals surface area contributed by atoms with Crippen LogP contribution in [0.25, 0.3) is 0 Å². The third kappa shape index (κ3) is 4.93. The van der Waals surface area contributed by atoms with Crippen LogP contribution in [0.5, 0.6) is 0 Å². The number of piperazine rings is 1. The average Bonchev–Trinajstić information content (AvgIpc) is 3.27. The molecule has 23 heavy (non-hydrogen) atoms. The predicted octanol–water partition coefficient (Wildman–Crippen LogP) is -0.676. The second-order valence-corrected chi connectivity index (χ2v) is 6.22. The van der Waals surface area contributed by atoms with Gasteiger partial charge in [-0.2, -0.15) is 0 Å². The highest BCUT2D eigenvalue weighted by Crippen LogP contribution is 2.34. The van der Waals surface area contributed by atoms with Crippen LogP contribution >= 0.6 is 24.8 Å². The van der Waals surface area contributed by atoms with Crippen molar-refractivity contribution >= 4 is 36.6 Å². The molecule has 1 saturated carbocycles. The Balaban J connectivity index is 0.00000132. The Morgan fingerprint density at radius 1 is 0.913 bits per heavy atom. The third-order valence-electron chi connectivity index (χ3n) is 4.60. The lowest BCUT2D eigenvalue weighted by atomic mass is 10.2. The van der Waals surface area contributed by atoms with Crippen molar-refractivity contribution in [3.63, 3.8) is 0 Å². The molecule has 0 radical (unpaired) electrons. The number of ether oxygens (including phenoxy) is 1. The van der Waals surface area contributed by atoms with Crippen LogP contribution in [0, 0.1) is 0 Å². The quantitative estimate of drug-likeness (QED) is 0.714. The molecule has 0 atom stereocenters. The molecule has 2 heterocycles. The maximum atomic E-state index is 12.2. The fraction of sp³-hybridized carbons (Fsp3) is 0.857. The zero-order valence-electron chi connectivity index (χ0n) is 13.2. The molecule has 0 spiro atoms. The third-order valence-corrected chi connectivity index (χ3v) is 4.60. The van der Waals surface area contributed by atoms with Gasteiger partial charge >= 0.3 is 0 Å². The zero-order valence-corrected chi connectivity index (χ0v) is 14.9. The van der Waals surface area contributed by atoms with Crippen molar-refractivity contribution in [2.75, 3.05) is 59.0 Å². The van der Waals surface area contributed by atoms with Gasteiger partial charge in [0.1, 0.15) is 0 Å². The minimum absolute atomic E-state index is 0. The Morgan fingerprint density at radius 3 is 2.00 bits per heavy atom. The van der Waals surface area contributed by atoms with Crippen molar-refractivity contribution in [2.24, 2.45) is 5.73 Å². The van der Waals surface area contributed by atoms with Crippen molar-refractivity contribution < 1.29 is 14.3 Å². The van der Waals surface area contributed by atoms with Crippen LogP contribution in [0.15, 0.2) is 0 Å². The van der Waals surface area contributed by atoms with Crippen molar-refractivity contribution in [2.45, 2.75) is 18.4 Å². The van der Waals surface area contributed by atoms with Crippen LogP contribution in [-0.2, 0) is 14.3 Å². The first-order valence-corrected chi connectivity index (χ1v) is 7.75. The van der Waals surface area contributed by atoms with E-state index in [0.29, 0.717) is 45.9 Å². The van der Waals surface area contributed by atoms with E-state index in [1.165, 1.54) is 0 Å². The number of rotatable bonds is 3. The van der Waals surface area contributed by atoms with Crippen molar-refractivity contribution in [3.8, 4) is 0 Å². The van der Waals surface area contributed by atoms with E-state index < -0.39 is 5.54 Å². The van der Waals surface area contributed by atoms with Gasteiger partial charge in [0.2, 0.25) is 11.8 Å². The molecule has 0 aromatic carbocycles. The number of halogens is 2. The second-order valence-electron chi connectivity index (χ2n) is 6.22. The Kier molecular flexibility index (Phi) is 7.54. The Morgan fingerprint density at radius 2 is 1.48 bits per heavy atom. The summed E-state index contributed by atoms with van der Waals surface area (Å²) in [5.74, 6) is 0.247.